The molecule has 0 radical (unpaired) electrons. The molecule has 5 rings (SSSR count). The number of benzene rings is 2. The van der Waals surface area contributed by atoms with Crippen LogP contribution in [0.25, 0.3) is 0 Å². The summed E-state index contributed by atoms with van der Waals surface area (Å²) in [6.45, 7) is 1.09. The molecule has 2 aliphatic heterocycles. The van der Waals surface area contributed by atoms with Gasteiger partial charge in [-0.3, -0.25) is 4.79 Å². The summed E-state index contributed by atoms with van der Waals surface area (Å²) < 4.78 is 57.4. The van der Waals surface area contributed by atoms with Crippen molar-refractivity contribution in [3.05, 3.63) is 87.4 Å². The molecule has 188 valence electrons. The number of aromatic nitrogens is 2. The van der Waals surface area contributed by atoms with E-state index in [9.17, 15) is 22.4 Å². The third-order valence-corrected chi connectivity index (χ3v) is 7.09. The number of fused-ring (bicyclic) bond motifs is 1. The van der Waals surface area contributed by atoms with Gasteiger partial charge in [0, 0.05) is 43.5 Å². The summed E-state index contributed by atoms with van der Waals surface area (Å²) in [5.41, 5.74) is -0.686. The molecule has 36 heavy (non-hydrogen) atoms. The predicted octanol–water partition coefficient (Wildman–Crippen LogP) is 5.51. The molecule has 0 saturated carbocycles. The van der Waals surface area contributed by atoms with Crippen LogP contribution in [0.15, 0.2) is 66.0 Å². The number of nitrogens with one attached hydrogen (secondary N) is 1. The Morgan fingerprint density at radius 3 is 2.36 bits per heavy atom. The number of anilines is 2. The molecule has 1 aromatic heterocycles. The number of amides is 1. The summed E-state index contributed by atoms with van der Waals surface area (Å²) >= 11 is 12.6. The van der Waals surface area contributed by atoms with Crippen molar-refractivity contribution in [3.63, 3.8) is 0 Å². The number of rotatable bonds is 3. The summed E-state index contributed by atoms with van der Waals surface area (Å²) in [5.74, 6) is -1.08. The zero-order valence-electron chi connectivity index (χ0n) is 18.6. The zero-order chi connectivity index (χ0) is 25.6. The number of hydrogen-bond acceptors (Lipinski definition) is 4. The Balaban J connectivity index is 1.53. The first kappa shape index (κ1) is 24.5. The van der Waals surface area contributed by atoms with Crippen LogP contribution in [0.2, 0.25) is 10.0 Å². The largest absolute Gasteiger partial charge is 0.431 e. The molecule has 6 nitrogen and oxygen atoms in total. The van der Waals surface area contributed by atoms with E-state index in [1.807, 2.05) is 4.90 Å². The van der Waals surface area contributed by atoms with Crippen molar-refractivity contribution in [2.24, 2.45) is 0 Å². The molecule has 1 atom stereocenters. The smallest absolute Gasteiger partial charge is 0.368 e. The lowest BCUT2D eigenvalue weighted by Gasteiger charge is -2.39. The molecule has 0 spiro atoms. The number of halogens is 6. The van der Waals surface area contributed by atoms with E-state index in [2.05, 4.69) is 10.4 Å². The van der Waals surface area contributed by atoms with Crippen LogP contribution in [0.3, 0.4) is 0 Å². The van der Waals surface area contributed by atoms with Gasteiger partial charge in [0.25, 0.3) is 5.91 Å². The quantitative estimate of drug-likeness (QED) is 0.446. The van der Waals surface area contributed by atoms with Crippen molar-refractivity contribution < 1.29 is 22.4 Å². The Kier molecular flexibility index (Phi) is 6.34. The first-order valence-electron chi connectivity index (χ1n) is 11.0. The molecule has 1 saturated heterocycles. The Bertz CT molecular complexity index is 1330. The molecule has 1 fully saturated rings. The van der Waals surface area contributed by atoms with Gasteiger partial charge in [-0.25, -0.2) is 9.07 Å². The van der Waals surface area contributed by atoms with Crippen molar-refractivity contribution in [2.45, 2.75) is 12.2 Å². The Morgan fingerprint density at radius 1 is 1.00 bits per heavy atom. The number of allylic oxidation sites excluding steroid dienone is 1. The van der Waals surface area contributed by atoms with E-state index in [4.69, 9.17) is 23.2 Å². The number of nitrogens with zero attached hydrogens (tertiary/aromatic N) is 4. The highest BCUT2D eigenvalue weighted by atomic mass is 35.5. The maximum Gasteiger partial charge on any atom is 0.431 e. The molecule has 2 aliphatic rings. The third-order valence-electron chi connectivity index (χ3n) is 6.26. The van der Waals surface area contributed by atoms with E-state index in [1.165, 1.54) is 46.1 Å². The summed E-state index contributed by atoms with van der Waals surface area (Å²) in [6, 6.07) is 10.7. The summed E-state index contributed by atoms with van der Waals surface area (Å²) in [4.78, 5) is 17.1. The van der Waals surface area contributed by atoms with Crippen molar-refractivity contribution in [1.29, 1.82) is 0 Å². The first-order valence-corrected chi connectivity index (χ1v) is 11.8. The van der Waals surface area contributed by atoms with Gasteiger partial charge in [0.2, 0.25) is 0 Å². The number of piperazine rings is 1. The minimum atomic E-state index is -4.85. The molecule has 12 heteroatoms. The summed E-state index contributed by atoms with van der Waals surface area (Å²) in [6.07, 6.45) is -3.50. The van der Waals surface area contributed by atoms with Crippen LogP contribution in [-0.2, 0) is 4.79 Å². The van der Waals surface area contributed by atoms with Crippen LogP contribution < -0.4 is 10.2 Å². The molecule has 1 amide bonds. The maximum absolute atomic E-state index is 14.3. The summed E-state index contributed by atoms with van der Waals surface area (Å²) in [7, 11) is 0. The average molecular weight is 540 g/mol. The van der Waals surface area contributed by atoms with Gasteiger partial charge in [-0.2, -0.15) is 18.3 Å². The summed E-state index contributed by atoms with van der Waals surface area (Å²) in [5, 5.41) is 6.72. The standard InChI is InChI=1S/C24H19Cl2F4N5O/c25-17-3-1-2-16(20(17)26)21-19(22(24(28,29)30)32-18-8-9-31-35(18)21)23(36)34-12-10-33(11-13-34)15-6-4-14(27)5-7-15/h1-9,21,32H,10-13H2. The molecule has 1 unspecified atom stereocenters. The Morgan fingerprint density at radius 2 is 1.69 bits per heavy atom. The lowest BCUT2D eigenvalue weighted by molar-refractivity contribution is -0.129. The second-order valence-corrected chi connectivity index (χ2v) is 9.16. The highest BCUT2D eigenvalue weighted by molar-refractivity contribution is 6.42. The van der Waals surface area contributed by atoms with E-state index in [1.54, 1.807) is 18.2 Å². The lowest BCUT2D eigenvalue weighted by Crippen LogP contribution is -2.51. The predicted molar refractivity (Wildman–Crippen MR) is 129 cm³/mol. The van der Waals surface area contributed by atoms with Crippen LogP contribution in [-0.4, -0.2) is 52.9 Å². The van der Waals surface area contributed by atoms with E-state index in [0.717, 1.165) is 5.69 Å². The fraction of sp³-hybridized carbons (Fsp3) is 0.250. The minimum absolute atomic E-state index is 0.0421. The monoisotopic (exact) mass is 539 g/mol. The van der Waals surface area contributed by atoms with Gasteiger partial charge in [-0.05, 0) is 30.3 Å². The van der Waals surface area contributed by atoms with Gasteiger partial charge in [0.05, 0.1) is 21.8 Å². The van der Waals surface area contributed by atoms with Gasteiger partial charge in [-0.15, -0.1) is 0 Å². The molecule has 1 N–H and O–H groups in total. The van der Waals surface area contributed by atoms with Crippen LogP contribution in [0.4, 0.5) is 29.1 Å². The minimum Gasteiger partial charge on any atom is -0.368 e. The Labute approximate surface area is 213 Å². The van der Waals surface area contributed by atoms with Crippen molar-refractivity contribution in [2.75, 3.05) is 36.4 Å². The van der Waals surface area contributed by atoms with Crippen LogP contribution in [0.5, 0.6) is 0 Å². The molecular weight excluding hydrogens is 521 g/mol. The highest BCUT2D eigenvalue weighted by Gasteiger charge is 2.47. The van der Waals surface area contributed by atoms with E-state index in [-0.39, 0.29) is 40.3 Å². The van der Waals surface area contributed by atoms with Crippen molar-refractivity contribution in [1.82, 2.24) is 14.7 Å². The molecule has 3 aromatic rings. The molecule has 2 aromatic carbocycles. The van der Waals surface area contributed by atoms with E-state index >= 15 is 0 Å². The Hall–Kier alpha value is -3.24. The van der Waals surface area contributed by atoms with Gasteiger partial charge in [-0.1, -0.05) is 35.3 Å². The third kappa shape index (κ3) is 4.39. The first-order chi connectivity index (χ1) is 17.1. The van der Waals surface area contributed by atoms with Gasteiger partial charge in [0.15, 0.2) is 0 Å². The fourth-order valence-corrected chi connectivity index (χ4v) is 4.94. The average Bonchev–Trinajstić information content (AvgIpc) is 3.33. The number of carbonyl (C=O) groups excluding carboxylic acids is 1. The molecule has 0 aliphatic carbocycles. The molecular formula is C24H19Cl2F4N5O. The SMILES string of the molecule is O=C(C1=C(C(F)(F)F)Nc2ccnn2C1c1cccc(Cl)c1Cl)N1CCN(c2ccc(F)cc2)CC1. The van der Waals surface area contributed by atoms with Crippen molar-refractivity contribution >= 4 is 40.6 Å². The number of alkyl halides is 3. The van der Waals surface area contributed by atoms with Gasteiger partial charge < -0.3 is 15.1 Å². The molecule has 3 heterocycles. The maximum atomic E-state index is 14.3. The van der Waals surface area contributed by atoms with Crippen LogP contribution in [0, 0.1) is 5.82 Å². The normalized spacial score (nSPS) is 18.2. The second-order valence-electron chi connectivity index (χ2n) is 8.37. The molecule has 0 bridgehead atoms. The van der Waals surface area contributed by atoms with E-state index in [0.29, 0.717) is 13.1 Å². The van der Waals surface area contributed by atoms with Crippen LogP contribution >= 0.6 is 23.2 Å². The lowest BCUT2D eigenvalue weighted by atomic mass is 9.93. The van der Waals surface area contributed by atoms with Crippen molar-refractivity contribution in [3.8, 4) is 0 Å². The number of hydrogen-bond donors (Lipinski definition) is 1. The van der Waals surface area contributed by atoms with Gasteiger partial charge >= 0.3 is 6.18 Å². The topological polar surface area (TPSA) is 53.4 Å². The number of carbonyl (C=O) groups is 1. The highest BCUT2D eigenvalue weighted by Crippen LogP contribution is 2.44. The zero-order valence-corrected chi connectivity index (χ0v) is 20.1. The fourth-order valence-electron chi connectivity index (χ4n) is 4.53. The second kappa shape index (κ2) is 9.33. The van der Waals surface area contributed by atoms with Gasteiger partial charge in [0.1, 0.15) is 23.4 Å². The van der Waals surface area contributed by atoms with E-state index < -0.39 is 29.4 Å². The van der Waals surface area contributed by atoms with Crippen LogP contribution in [0.1, 0.15) is 11.6 Å².